The number of para-hydroxylation sites is 1. The van der Waals surface area contributed by atoms with Crippen LogP contribution in [0.5, 0.6) is 5.75 Å². The molecule has 4 atom stereocenters. The Bertz CT molecular complexity index is 935. The molecular formula is C22H25N3O4. The molecule has 2 heterocycles. The van der Waals surface area contributed by atoms with E-state index in [1.54, 1.807) is 26.3 Å². The monoisotopic (exact) mass is 395 g/mol. The second kappa shape index (κ2) is 7.83. The summed E-state index contributed by atoms with van der Waals surface area (Å²) in [5, 5.41) is 5.67. The molecule has 1 aromatic heterocycles. The molecule has 7 heteroatoms. The molecule has 2 amide bonds. The third kappa shape index (κ3) is 3.70. The Kier molecular flexibility index (Phi) is 5.24. The summed E-state index contributed by atoms with van der Waals surface area (Å²) in [5.41, 5.74) is 2.23. The van der Waals surface area contributed by atoms with Crippen LogP contribution in [0.4, 0.5) is 0 Å². The molecular weight excluding hydrogens is 370 g/mol. The number of hydrogen-bond donors (Lipinski definition) is 2. The number of carbonyl (C=O) groups is 2. The van der Waals surface area contributed by atoms with Crippen LogP contribution in [-0.4, -0.2) is 50.2 Å². The third-order valence-electron chi connectivity index (χ3n) is 5.87. The van der Waals surface area contributed by atoms with Crippen LogP contribution in [0.1, 0.15) is 44.9 Å². The SMILES string of the molecule is CNC(=O)c1cc(C(=O)N[C@H]2[C@@H]3COC[C@@H]32)cc([C@@H](C)c2ccccc2OC)n1. The van der Waals surface area contributed by atoms with E-state index >= 15 is 0 Å². The third-order valence-corrected chi connectivity index (χ3v) is 5.87. The van der Waals surface area contributed by atoms with E-state index in [1.165, 1.54) is 0 Å². The molecule has 1 saturated heterocycles. The Labute approximate surface area is 169 Å². The van der Waals surface area contributed by atoms with Crippen molar-refractivity contribution in [2.75, 3.05) is 27.4 Å². The number of hydrogen-bond acceptors (Lipinski definition) is 5. The van der Waals surface area contributed by atoms with Gasteiger partial charge in [0.1, 0.15) is 11.4 Å². The van der Waals surface area contributed by atoms with Gasteiger partial charge in [-0.3, -0.25) is 9.59 Å². The number of ether oxygens (including phenoxy) is 2. The van der Waals surface area contributed by atoms with Crippen LogP contribution in [-0.2, 0) is 4.74 Å². The highest BCUT2D eigenvalue weighted by atomic mass is 16.5. The van der Waals surface area contributed by atoms with Gasteiger partial charge in [-0.1, -0.05) is 25.1 Å². The van der Waals surface area contributed by atoms with Crippen molar-refractivity contribution in [1.29, 1.82) is 0 Å². The number of aromatic nitrogens is 1. The number of nitrogens with one attached hydrogen (secondary N) is 2. The highest BCUT2D eigenvalue weighted by Gasteiger charge is 2.54. The number of amides is 2. The summed E-state index contributed by atoms with van der Waals surface area (Å²) >= 11 is 0. The summed E-state index contributed by atoms with van der Waals surface area (Å²) in [6, 6.07) is 11.1. The molecule has 2 N–H and O–H groups in total. The molecule has 0 bridgehead atoms. The van der Waals surface area contributed by atoms with Gasteiger partial charge in [0.2, 0.25) is 0 Å². The average molecular weight is 395 g/mol. The van der Waals surface area contributed by atoms with Crippen LogP contribution in [0.2, 0.25) is 0 Å². The first-order valence-electron chi connectivity index (χ1n) is 9.79. The maximum Gasteiger partial charge on any atom is 0.269 e. The first-order valence-corrected chi connectivity index (χ1v) is 9.79. The summed E-state index contributed by atoms with van der Waals surface area (Å²) in [5.74, 6) is 0.882. The molecule has 2 aliphatic rings. The van der Waals surface area contributed by atoms with Crippen molar-refractivity contribution in [3.63, 3.8) is 0 Å². The van der Waals surface area contributed by atoms with Crippen LogP contribution < -0.4 is 15.4 Å². The van der Waals surface area contributed by atoms with Gasteiger partial charge < -0.3 is 20.1 Å². The lowest BCUT2D eigenvalue weighted by atomic mass is 9.95. The fraction of sp³-hybridized carbons (Fsp3) is 0.409. The normalized spacial score (nSPS) is 23.1. The lowest BCUT2D eigenvalue weighted by Crippen LogP contribution is -2.30. The summed E-state index contributed by atoms with van der Waals surface area (Å²) in [6.07, 6.45) is 0. The predicted molar refractivity (Wildman–Crippen MR) is 107 cm³/mol. The molecule has 152 valence electrons. The second-order valence-electron chi connectivity index (χ2n) is 7.57. The van der Waals surface area contributed by atoms with E-state index in [0.717, 1.165) is 11.3 Å². The zero-order valence-electron chi connectivity index (χ0n) is 16.8. The highest BCUT2D eigenvalue weighted by molar-refractivity contribution is 5.99. The van der Waals surface area contributed by atoms with Crippen molar-refractivity contribution in [2.24, 2.45) is 11.8 Å². The Morgan fingerprint density at radius 1 is 1.17 bits per heavy atom. The van der Waals surface area contributed by atoms with E-state index in [2.05, 4.69) is 15.6 Å². The zero-order valence-corrected chi connectivity index (χ0v) is 16.8. The number of carbonyl (C=O) groups excluding carboxylic acids is 2. The van der Waals surface area contributed by atoms with E-state index in [1.807, 2.05) is 31.2 Å². The molecule has 1 aromatic carbocycles. The van der Waals surface area contributed by atoms with Gasteiger partial charge in [0.25, 0.3) is 11.8 Å². The smallest absolute Gasteiger partial charge is 0.269 e. The fourth-order valence-electron chi connectivity index (χ4n) is 4.02. The number of benzene rings is 1. The quantitative estimate of drug-likeness (QED) is 0.781. The maximum atomic E-state index is 12.9. The van der Waals surface area contributed by atoms with E-state index in [-0.39, 0.29) is 29.5 Å². The number of rotatable bonds is 6. The Morgan fingerprint density at radius 3 is 2.59 bits per heavy atom. The second-order valence-corrected chi connectivity index (χ2v) is 7.57. The van der Waals surface area contributed by atoms with E-state index < -0.39 is 0 Å². The molecule has 4 rings (SSSR count). The van der Waals surface area contributed by atoms with Crippen LogP contribution >= 0.6 is 0 Å². The zero-order chi connectivity index (χ0) is 20.5. The van der Waals surface area contributed by atoms with Gasteiger partial charge in [-0.05, 0) is 18.2 Å². The van der Waals surface area contributed by atoms with Gasteiger partial charge in [0.05, 0.1) is 20.3 Å². The number of pyridine rings is 1. The molecule has 29 heavy (non-hydrogen) atoms. The van der Waals surface area contributed by atoms with Gasteiger partial charge >= 0.3 is 0 Å². The van der Waals surface area contributed by atoms with Gasteiger partial charge in [-0.2, -0.15) is 0 Å². The summed E-state index contributed by atoms with van der Waals surface area (Å²) in [6.45, 7) is 3.38. The van der Waals surface area contributed by atoms with Crippen molar-refractivity contribution in [3.8, 4) is 5.75 Å². The lowest BCUT2D eigenvalue weighted by molar-refractivity contribution is 0.0928. The molecule has 0 radical (unpaired) electrons. The standard InChI is InChI=1S/C22H25N3O4/c1-12(14-6-4-5-7-19(14)28-3)17-8-13(9-18(24-17)22(27)23-2)21(26)25-20-15-10-29-11-16(15)20/h4-9,12,15-16,20H,10-11H2,1-3H3,(H,23,27)(H,25,26)/t12-,15-,16+,20+/m0/s1. The summed E-state index contributed by atoms with van der Waals surface area (Å²) in [4.78, 5) is 29.7. The van der Waals surface area contributed by atoms with Crippen molar-refractivity contribution >= 4 is 11.8 Å². The van der Waals surface area contributed by atoms with Gasteiger partial charge in [0.15, 0.2) is 0 Å². The Morgan fingerprint density at radius 2 is 1.90 bits per heavy atom. The van der Waals surface area contributed by atoms with E-state index in [4.69, 9.17) is 9.47 Å². The van der Waals surface area contributed by atoms with Crippen molar-refractivity contribution in [3.05, 3.63) is 58.9 Å². The van der Waals surface area contributed by atoms with Crippen molar-refractivity contribution in [2.45, 2.75) is 18.9 Å². The van der Waals surface area contributed by atoms with Gasteiger partial charge in [-0.15, -0.1) is 0 Å². The van der Waals surface area contributed by atoms with Crippen LogP contribution in [0.3, 0.4) is 0 Å². The maximum absolute atomic E-state index is 12.9. The topological polar surface area (TPSA) is 89.6 Å². The first-order chi connectivity index (χ1) is 14.0. The molecule has 0 unspecified atom stereocenters. The minimum atomic E-state index is -0.329. The minimum absolute atomic E-state index is 0.156. The predicted octanol–water partition coefficient (Wildman–Crippen LogP) is 1.98. The average Bonchev–Trinajstić information content (AvgIpc) is 3.17. The molecule has 1 saturated carbocycles. The highest BCUT2D eigenvalue weighted by Crippen LogP contribution is 2.44. The van der Waals surface area contributed by atoms with Gasteiger partial charge in [-0.25, -0.2) is 4.98 Å². The first kappa shape index (κ1) is 19.4. The van der Waals surface area contributed by atoms with Crippen LogP contribution in [0.15, 0.2) is 36.4 Å². The van der Waals surface area contributed by atoms with Gasteiger partial charge in [0, 0.05) is 47.7 Å². The molecule has 1 aliphatic heterocycles. The number of methoxy groups -OCH3 is 1. The summed E-state index contributed by atoms with van der Waals surface area (Å²) in [7, 11) is 3.17. The fourth-order valence-corrected chi connectivity index (χ4v) is 4.02. The van der Waals surface area contributed by atoms with E-state index in [9.17, 15) is 9.59 Å². The molecule has 2 aromatic rings. The lowest BCUT2D eigenvalue weighted by Gasteiger charge is -2.17. The van der Waals surface area contributed by atoms with Crippen molar-refractivity contribution in [1.82, 2.24) is 15.6 Å². The van der Waals surface area contributed by atoms with Crippen LogP contribution in [0.25, 0.3) is 0 Å². The minimum Gasteiger partial charge on any atom is -0.496 e. The molecule has 7 nitrogen and oxygen atoms in total. The summed E-state index contributed by atoms with van der Waals surface area (Å²) < 4.78 is 10.9. The Balaban J connectivity index is 1.65. The largest absolute Gasteiger partial charge is 0.496 e. The molecule has 1 aliphatic carbocycles. The number of fused-ring (bicyclic) bond motifs is 1. The van der Waals surface area contributed by atoms with Crippen LogP contribution in [0, 0.1) is 11.8 Å². The Hall–Kier alpha value is -2.93. The molecule has 0 spiro atoms. The number of nitrogens with zero attached hydrogens (tertiary/aromatic N) is 1. The molecule has 2 fully saturated rings. The van der Waals surface area contributed by atoms with Crippen molar-refractivity contribution < 1.29 is 19.1 Å². The van der Waals surface area contributed by atoms with E-state index in [0.29, 0.717) is 36.3 Å².